The van der Waals surface area contributed by atoms with Crippen LogP contribution >= 0.6 is 0 Å². The Balaban J connectivity index is 1.61. The number of nitrogens with zero attached hydrogens (tertiary/aromatic N) is 2. The van der Waals surface area contributed by atoms with Gasteiger partial charge in [0, 0.05) is 25.7 Å². The molecule has 6 heteroatoms. The van der Waals surface area contributed by atoms with E-state index in [2.05, 4.69) is 40.8 Å². The van der Waals surface area contributed by atoms with E-state index in [4.69, 9.17) is 5.26 Å². The number of rotatable bonds is 7. The summed E-state index contributed by atoms with van der Waals surface area (Å²) in [6.07, 6.45) is 1.88. The monoisotopic (exact) mass is 383 g/mol. The molecular weight excluding hydrogens is 358 g/mol. The van der Waals surface area contributed by atoms with Gasteiger partial charge in [-0.05, 0) is 41.7 Å². The Labute approximate surface area is 161 Å². The number of nitrogens with one attached hydrogen (secondary N) is 1. The second-order valence-electron chi connectivity index (χ2n) is 6.97. The fourth-order valence-electron chi connectivity index (χ4n) is 3.59. The zero-order valence-corrected chi connectivity index (χ0v) is 16.4. The number of hydrogen-bond acceptors (Lipinski definition) is 4. The lowest BCUT2D eigenvalue weighted by Gasteiger charge is -2.35. The van der Waals surface area contributed by atoms with Crippen LogP contribution in [-0.2, 0) is 28.7 Å². The Bertz CT molecular complexity index is 934. The van der Waals surface area contributed by atoms with Crippen molar-refractivity contribution < 1.29 is 8.42 Å². The molecule has 1 N–H and O–H groups in total. The van der Waals surface area contributed by atoms with Crippen LogP contribution in [0.25, 0.3) is 0 Å². The standard InChI is InChI=1S/C21H25N3O2S/c1-2-21(24-11-10-19-8-3-4-9-20(19)15-24)14-23-27(25,26)16-18-7-5-6-17(12-18)13-22/h3-9,12,21,23H,2,10-11,14-16H2,1H3. The minimum absolute atomic E-state index is 0.109. The quantitative estimate of drug-likeness (QED) is 0.798. The van der Waals surface area contributed by atoms with Crippen LogP contribution in [0.15, 0.2) is 48.5 Å². The highest BCUT2D eigenvalue weighted by Gasteiger charge is 2.23. The number of sulfonamides is 1. The Morgan fingerprint density at radius 3 is 2.70 bits per heavy atom. The van der Waals surface area contributed by atoms with E-state index in [0.29, 0.717) is 17.7 Å². The van der Waals surface area contributed by atoms with E-state index >= 15 is 0 Å². The lowest BCUT2D eigenvalue weighted by atomic mass is 9.98. The third-order valence-electron chi connectivity index (χ3n) is 5.10. The summed E-state index contributed by atoms with van der Waals surface area (Å²) >= 11 is 0. The number of fused-ring (bicyclic) bond motifs is 1. The van der Waals surface area contributed by atoms with Crippen molar-refractivity contribution >= 4 is 10.0 Å². The van der Waals surface area contributed by atoms with E-state index in [9.17, 15) is 8.42 Å². The van der Waals surface area contributed by atoms with Crippen LogP contribution in [0.5, 0.6) is 0 Å². The van der Waals surface area contributed by atoms with Crippen molar-refractivity contribution in [1.82, 2.24) is 9.62 Å². The lowest BCUT2D eigenvalue weighted by Crippen LogP contribution is -2.45. The first-order valence-corrected chi connectivity index (χ1v) is 10.9. The predicted molar refractivity (Wildman–Crippen MR) is 106 cm³/mol. The van der Waals surface area contributed by atoms with Crippen molar-refractivity contribution in [2.24, 2.45) is 0 Å². The summed E-state index contributed by atoms with van der Waals surface area (Å²) in [5.74, 6) is -0.109. The molecule has 1 atom stereocenters. The van der Waals surface area contributed by atoms with Crippen LogP contribution in [0.1, 0.15) is 35.6 Å². The van der Waals surface area contributed by atoms with E-state index < -0.39 is 10.0 Å². The van der Waals surface area contributed by atoms with E-state index in [1.807, 2.05) is 6.07 Å². The van der Waals surface area contributed by atoms with Crippen molar-refractivity contribution in [3.05, 3.63) is 70.8 Å². The number of nitriles is 1. The summed E-state index contributed by atoms with van der Waals surface area (Å²) in [4.78, 5) is 2.36. The highest BCUT2D eigenvalue weighted by Crippen LogP contribution is 2.21. The molecule has 0 fully saturated rings. The Morgan fingerprint density at radius 1 is 1.19 bits per heavy atom. The average Bonchev–Trinajstić information content (AvgIpc) is 2.68. The Kier molecular flexibility index (Phi) is 6.27. The van der Waals surface area contributed by atoms with Gasteiger partial charge in [-0.2, -0.15) is 5.26 Å². The first kappa shape index (κ1) is 19.6. The van der Waals surface area contributed by atoms with Crippen molar-refractivity contribution in [1.29, 1.82) is 5.26 Å². The molecule has 2 aromatic rings. The first-order valence-electron chi connectivity index (χ1n) is 9.28. The molecule has 0 bridgehead atoms. The molecule has 0 amide bonds. The van der Waals surface area contributed by atoms with E-state index in [-0.39, 0.29) is 11.8 Å². The molecule has 0 saturated heterocycles. The minimum Gasteiger partial charge on any atom is -0.295 e. The van der Waals surface area contributed by atoms with Gasteiger partial charge in [-0.15, -0.1) is 0 Å². The molecule has 1 aliphatic rings. The smallest absolute Gasteiger partial charge is 0.215 e. The van der Waals surface area contributed by atoms with Crippen LogP contribution in [0.4, 0.5) is 0 Å². The molecule has 27 heavy (non-hydrogen) atoms. The molecule has 0 aromatic heterocycles. The highest BCUT2D eigenvalue weighted by molar-refractivity contribution is 7.88. The summed E-state index contributed by atoms with van der Waals surface area (Å²) in [5, 5.41) is 8.96. The average molecular weight is 384 g/mol. The van der Waals surface area contributed by atoms with Gasteiger partial charge in [-0.3, -0.25) is 4.90 Å². The summed E-state index contributed by atoms with van der Waals surface area (Å²) in [7, 11) is -3.45. The maximum absolute atomic E-state index is 12.5. The third-order valence-corrected chi connectivity index (χ3v) is 6.42. The fourth-order valence-corrected chi connectivity index (χ4v) is 4.75. The summed E-state index contributed by atoms with van der Waals surface area (Å²) in [6, 6.07) is 17.4. The molecule has 0 aliphatic carbocycles. The van der Waals surface area contributed by atoms with Crippen LogP contribution < -0.4 is 4.72 Å². The Hall–Kier alpha value is -2.20. The summed E-state index contributed by atoms with van der Waals surface area (Å²) in [5.41, 5.74) is 3.82. The molecule has 3 rings (SSSR count). The number of hydrogen-bond donors (Lipinski definition) is 1. The van der Waals surface area contributed by atoms with E-state index in [0.717, 1.165) is 25.9 Å². The van der Waals surface area contributed by atoms with E-state index in [1.54, 1.807) is 24.3 Å². The molecule has 5 nitrogen and oxygen atoms in total. The van der Waals surface area contributed by atoms with Gasteiger partial charge in [-0.1, -0.05) is 43.3 Å². The molecule has 1 unspecified atom stereocenters. The largest absolute Gasteiger partial charge is 0.295 e. The highest BCUT2D eigenvalue weighted by atomic mass is 32.2. The molecule has 142 valence electrons. The second kappa shape index (κ2) is 8.66. The predicted octanol–water partition coefficient (Wildman–Crippen LogP) is 2.81. The van der Waals surface area contributed by atoms with E-state index in [1.165, 1.54) is 11.1 Å². The molecule has 1 aliphatic heterocycles. The summed E-state index contributed by atoms with van der Waals surface area (Å²) < 4.78 is 27.7. The van der Waals surface area contributed by atoms with Gasteiger partial charge in [0.25, 0.3) is 0 Å². The molecule has 0 saturated carbocycles. The fraction of sp³-hybridized carbons (Fsp3) is 0.381. The van der Waals surface area contributed by atoms with Crippen molar-refractivity contribution in [3.63, 3.8) is 0 Å². The van der Waals surface area contributed by atoms with Crippen molar-refractivity contribution in [2.45, 2.75) is 38.1 Å². The van der Waals surface area contributed by atoms with Crippen LogP contribution in [-0.4, -0.2) is 32.4 Å². The van der Waals surface area contributed by atoms with Gasteiger partial charge < -0.3 is 0 Å². The Morgan fingerprint density at radius 2 is 1.96 bits per heavy atom. The molecule has 0 radical (unpaired) electrons. The topological polar surface area (TPSA) is 73.2 Å². The zero-order valence-electron chi connectivity index (χ0n) is 15.6. The van der Waals surface area contributed by atoms with Gasteiger partial charge in [0.2, 0.25) is 10.0 Å². The molecule has 1 heterocycles. The number of benzene rings is 2. The van der Waals surface area contributed by atoms with Crippen LogP contribution in [0, 0.1) is 11.3 Å². The molecular formula is C21H25N3O2S. The van der Waals surface area contributed by atoms with Crippen LogP contribution in [0.3, 0.4) is 0 Å². The maximum atomic E-state index is 12.5. The second-order valence-corrected chi connectivity index (χ2v) is 8.78. The van der Waals surface area contributed by atoms with Gasteiger partial charge in [0.1, 0.15) is 0 Å². The SMILES string of the molecule is CCC(CNS(=O)(=O)Cc1cccc(C#N)c1)N1CCc2ccccc2C1. The van der Waals surface area contributed by atoms with Crippen molar-refractivity contribution in [3.8, 4) is 6.07 Å². The van der Waals surface area contributed by atoms with Gasteiger partial charge in [0.15, 0.2) is 0 Å². The van der Waals surface area contributed by atoms with Gasteiger partial charge in [-0.25, -0.2) is 13.1 Å². The first-order chi connectivity index (χ1) is 13.0. The molecule has 0 spiro atoms. The minimum atomic E-state index is -3.45. The third kappa shape index (κ3) is 5.16. The molecule has 2 aromatic carbocycles. The lowest BCUT2D eigenvalue weighted by molar-refractivity contribution is 0.175. The maximum Gasteiger partial charge on any atom is 0.215 e. The zero-order chi connectivity index (χ0) is 19.3. The van der Waals surface area contributed by atoms with Crippen LogP contribution in [0.2, 0.25) is 0 Å². The van der Waals surface area contributed by atoms with Gasteiger partial charge in [0.05, 0.1) is 17.4 Å². The van der Waals surface area contributed by atoms with Crippen molar-refractivity contribution in [2.75, 3.05) is 13.1 Å². The normalized spacial score (nSPS) is 15.7. The van der Waals surface area contributed by atoms with Gasteiger partial charge >= 0.3 is 0 Å². The summed E-state index contributed by atoms with van der Waals surface area (Å²) in [6.45, 7) is 4.30.